The summed E-state index contributed by atoms with van der Waals surface area (Å²) >= 11 is 0. The third kappa shape index (κ3) is 2.98. The van der Waals surface area contributed by atoms with Crippen molar-refractivity contribution in [2.24, 2.45) is 0 Å². The zero-order chi connectivity index (χ0) is 13.8. The number of carbonyl (C=O) groups is 2. The number of likely N-dealkylation sites (tertiary alicyclic amines) is 1. The lowest BCUT2D eigenvalue weighted by atomic mass is 10.1. The molecule has 0 saturated carbocycles. The molecule has 1 N–H and O–H groups in total. The molecular formula is C14H12FNO3. The number of rotatable bonds is 2. The zero-order valence-electron chi connectivity index (χ0n) is 10.1. The van der Waals surface area contributed by atoms with Crippen molar-refractivity contribution in [3.05, 3.63) is 35.1 Å². The van der Waals surface area contributed by atoms with Crippen LogP contribution in [0.25, 0.3) is 0 Å². The van der Waals surface area contributed by atoms with Crippen molar-refractivity contribution in [2.75, 3.05) is 6.61 Å². The van der Waals surface area contributed by atoms with Gasteiger partial charge in [0.15, 0.2) is 0 Å². The average Bonchev–Trinajstić information content (AvgIpc) is 2.71. The summed E-state index contributed by atoms with van der Waals surface area (Å²) in [7, 11) is 0. The number of aliphatic hydroxyl groups excluding tert-OH is 1. The van der Waals surface area contributed by atoms with Crippen LogP contribution in [0.4, 0.5) is 4.39 Å². The van der Waals surface area contributed by atoms with E-state index in [0.717, 1.165) is 4.90 Å². The maximum atomic E-state index is 13.7. The van der Waals surface area contributed by atoms with Gasteiger partial charge in [0, 0.05) is 24.0 Å². The Morgan fingerprint density at radius 2 is 1.95 bits per heavy atom. The highest BCUT2D eigenvalue weighted by molar-refractivity contribution is 6.01. The fourth-order valence-electron chi connectivity index (χ4n) is 1.88. The van der Waals surface area contributed by atoms with Crippen molar-refractivity contribution in [3.63, 3.8) is 0 Å². The van der Waals surface area contributed by atoms with Gasteiger partial charge < -0.3 is 5.11 Å². The van der Waals surface area contributed by atoms with Gasteiger partial charge in [-0.15, -0.1) is 0 Å². The van der Waals surface area contributed by atoms with Crippen LogP contribution in [0.1, 0.15) is 24.0 Å². The van der Waals surface area contributed by atoms with E-state index in [1.54, 1.807) is 0 Å². The summed E-state index contributed by atoms with van der Waals surface area (Å²) in [5.74, 6) is 4.07. The molecule has 1 fully saturated rings. The fraction of sp³-hybridized carbons (Fsp3) is 0.286. The molecule has 0 radical (unpaired) electrons. The quantitative estimate of drug-likeness (QED) is 0.633. The van der Waals surface area contributed by atoms with Crippen molar-refractivity contribution in [2.45, 2.75) is 19.4 Å². The smallest absolute Gasteiger partial charge is 0.229 e. The van der Waals surface area contributed by atoms with Gasteiger partial charge in [0.2, 0.25) is 11.8 Å². The first-order chi connectivity index (χ1) is 9.11. The molecule has 0 aliphatic carbocycles. The van der Waals surface area contributed by atoms with E-state index in [1.165, 1.54) is 18.2 Å². The van der Waals surface area contributed by atoms with Crippen LogP contribution in [0.5, 0.6) is 0 Å². The average molecular weight is 261 g/mol. The summed E-state index contributed by atoms with van der Waals surface area (Å²) in [6, 6.07) is 4.20. The van der Waals surface area contributed by atoms with E-state index in [-0.39, 0.29) is 43.4 Å². The molecule has 5 heteroatoms. The Balaban J connectivity index is 2.24. The summed E-state index contributed by atoms with van der Waals surface area (Å²) in [6.07, 6.45) is 0.370. The molecule has 1 heterocycles. The zero-order valence-corrected chi connectivity index (χ0v) is 10.1. The predicted octanol–water partition coefficient (Wildman–Crippen LogP) is 0.819. The van der Waals surface area contributed by atoms with E-state index >= 15 is 0 Å². The molecule has 98 valence electrons. The summed E-state index contributed by atoms with van der Waals surface area (Å²) < 4.78 is 13.7. The minimum atomic E-state index is -0.484. The van der Waals surface area contributed by atoms with Gasteiger partial charge in [0.25, 0.3) is 0 Å². The van der Waals surface area contributed by atoms with Crippen molar-refractivity contribution in [1.82, 2.24) is 4.90 Å². The molecule has 2 rings (SSSR count). The lowest BCUT2D eigenvalue weighted by molar-refractivity contribution is -0.139. The molecule has 1 saturated heterocycles. The first-order valence-electron chi connectivity index (χ1n) is 5.83. The first-order valence-corrected chi connectivity index (χ1v) is 5.83. The first kappa shape index (κ1) is 13.2. The van der Waals surface area contributed by atoms with Crippen LogP contribution in [0, 0.1) is 17.7 Å². The number of nitrogens with zero attached hydrogens (tertiary/aromatic N) is 1. The van der Waals surface area contributed by atoms with Gasteiger partial charge in [-0.1, -0.05) is 11.8 Å². The largest absolute Gasteiger partial charge is 0.384 e. The van der Waals surface area contributed by atoms with Gasteiger partial charge in [0.1, 0.15) is 12.4 Å². The van der Waals surface area contributed by atoms with Gasteiger partial charge >= 0.3 is 0 Å². The number of aliphatic hydroxyl groups is 1. The number of carbonyl (C=O) groups excluding carboxylic acids is 2. The number of hydrogen-bond acceptors (Lipinski definition) is 3. The van der Waals surface area contributed by atoms with Crippen LogP contribution >= 0.6 is 0 Å². The Morgan fingerprint density at radius 3 is 2.58 bits per heavy atom. The number of amides is 2. The van der Waals surface area contributed by atoms with Gasteiger partial charge in [-0.2, -0.15) is 0 Å². The van der Waals surface area contributed by atoms with Crippen molar-refractivity contribution >= 4 is 11.8 Å². The molecule has 0 atom stereocenters. The van der Waals surface area contributed by atoms with Gasteiger partial charge in [-0.25, -0.2) is 4.39 Å². The maximum absolute atomic E-state index is 13.7. The molecule has 1 aromatic carbocycles. The van der Waals surface area contributed by atoms with Crippen molar-refractivity contribution in [1.29, 1.82) is 0 Å². The second-order valence-electron chi connectivity index (χ2n) is 4.14. The monoisotopic (exact) mass is 261 g/mol. The second kappa shape index (κ2) is 5.63. The van der Waals surface area contributed by atoms with E-state index in [0.29, 0.717) is 5.56 Å². The molecule has 0 bridgehead atoms. The van der Waals surface area contributed by atoms with Crippen molar-refractivity contribution < 1.29 is 19.1 Å². The Bertz CT molecular complexity index is 570. The molecule has 0 unspecified atom stereocenters. The van der Waals surface area contributed by atoms with Crippen LogP contribution in [0.3, 0.4) is 0 Å². The predicted molar refractivity (Wildman–Crippen MR) is 65.2 cm³/mol. The highest BCUT2D eigenvalue weighted by Gasteiger charge is 2.29. The SMILES string of the molecule is O=C1CCC(=O)N1Cc1cc(C#CCO)ccc1F. The Hall–Kier alpha value is -2.19. The molecule has 19 heavy (non-hydrogen) atoms. The summed E-state index contributed by atoms with van der Waals surface area (Å²) in [6.45, 7) is -0.353. The van der Waals surface area contributed by atoms with Gasteiger partial charge in [0.05, 0.1) is 6.54 Å². The molecule has 1 aliphatic rings. The minimum absolute atomic E-state index is 0.0713. The Kier molecular flexibility index (Phi) is 3.93. The normalized spacial score (nSPS) is 14.5. The number of imide groups is 1. The highest BCUT2D eigenvalue weighted by atomic mass is 19.1. The Labute approximate surface area is 109 Å². The lowest BCUT2D eigenvalue weighted by Crippen LogP contribution is -2.28. The highest BCUT2D eigenvalue weighted by Crippen LogP contribution is 2.18. The minimum Gasteiger partial charge on any atom is -0.384 e. The lowest BCUT2D eigenvalue weighted by Gasteiger charge is -2.14. The third-order valence-corrected chi connectivity index (χ3v) is 2.84. The number of halogens is 1. The summed E-state index contributed by atoms with van der Waals surface area (Å²) in [5.41, 5.74) is 0.776. The van der Waals surface area contributed by atoms with Gasteiger partial charge in [-0.3, -0.25) is 14.5 Å². The summed E-state index contributed by atoms with van der Waals surface area (Å²) in [4.78, 5) is 24.0. The van der Waals surface area contributed by atoms with Crippen LogP contribution in [0.15, 0.2) is 18.2 Å². The van der Waals surface area contributed by atoms with E-state index in [1.807, 2.05) is 0 Å². The molecule has 2 amide bonds. The fourth-order valence-corrected chi connectivity index (χ4v) is 1.88. The van der Waals surface area contributed by atoms with E-state index in [2.05, 4.69) is 11.8 Å². The van der Waals surface area contributed by atoms with E-state index < -0.39 is 5.82 Å². The summed E-state index contributed by atoms with van der Waals surface area (Å²) in [5, 5.41) is 8.61. The van der Waals surface area contributed by atoms with Crippen LogP contribution < -0.4 is 0 Å². The molecule has 0 spiro atoms. The molecule has 0 aromatic heterocycles. The van der Waals surface area contributed by atoms with Gasteiger partial charge in [-0.05, 0) is 18.2 Å². The molecule has 4 nitrogen and oxygen atoms in total. The molecular weight excluding hydrogens is 249 g/mol. The van der Waals surface area contributed by atoms with Crippen molar-refractivity contribution in [3.8, 4) is 11.8 Å². The topological polar surface area (TPSA) is 57.6 Å². The van der Waals surface area contributed by atoms with Crippen LogP contribution in [-0.2, 0) is 16.1 Å². The molecule has 1 aromatic rings. The van der Waals surface area contributed by atoms with E-state index in [4.69, 9.17) is 5.11 Å². The van der Waals surface area contributed by atoms with Crippen LogP contribution in [0.2, 0.25) is 0 Å². The maximum Gasteiger partial charge on any atom is 0.229 e. The second-order valence-corrected chi connectivity index (χ2v) is 4.14. The number of benzene rings is 1. The Morgan fingerprint density at radius 1 is 1.26 bits per heavy atom. The molecule has 1 aliphatic heterocycles. The third-order valence-electron chi connectivity index (χ3n) is 2.84. The van der Waals surface area contributed by atoms with Crippen LogP contribution in [-0.4, -0.2) is 28.4 Å². The van der Waals surface area contributed by atoms with E-state index in [9.17, 15) is 14.0 Å². The standard InChI is InChI=1S/C14H12FNO3/c15-12-4-3-10(2-1-7-17)8-11(12)9-16-13(18)5-6-14(16)19/h3-4,8,17H,5-7,9H2. The number of hydrogen-bond donors (Lipinski definition) is 1.